The Kier molecular flexibility index (Phi) is 3.75. The Hall–Kier alpha value is -2.90. The lowest BCUT2D eigenvalue weighted by atomic mass is 9.89. The molecule has 1 atom stereocenters. The lowest BCUT2D eigenvalue weighted by Crippen LogP contribution is -2.45. The Morgan fingerprint density at radius 2 is 2.00 bits per heavy atom. The monoisotopic (exact) mass is 330 g/mol. The maximum absolute atomic E-state index is 12.7. The highest BCUT2D eigenvalue weighted by Gasteiger charge is 2.49. The fourth-order valence-corrected chi connectivity index (χ4v) is 3.24. The zero-order valence-corrected chi connectivity index (χ0v) is 13.2. The number of aryl methyl sites for hydroxylation is 2. The number of benzene rings is 1. The number of rotatable bonds is 3. The van der Waals surface area contributed by atoms with Gasteiger partial charge in [-0.15, -0.1) is 0 Å². The van der Waals surface area contributed by atoms with Gasteiger partial charge in [0.15, 0.2) is 0 Å². The summed E-state index contributed by atoms with van der Waals surface area (Å²) < 4.78 is 0. The van der Waals surface area contributed by atoms with Gasteiger partial charge in [-0.05, 0) is 42.9 Å². The molecule has 1 fully saturated rings. The van der Waals surface area contributed by atoms with Crippen LogP contribution in [0.1, 0.15) is 30.0 Å². The van der Waals surface area contributed by atoms with E-state index >= 15 is 0 Å². The molecular formula is C16H18N4O4. The normalized spacial score (nSPS) is 22.3. The van der Waals surface area contributed by atoms with Crippen LogP contribution in [0, 0.1) is 0 Å². The summed E-state index contributed by atoms with van der Waals surface area (Å²) in [6.07, 6.45) is 3.05. The summed E-state index contributed by atoms with van der Waals surface area (Å²) in [4.78, 5) is 47.9. The zero-order chi connectivity index (χ0) is 17.5. The molecule has 4 N–H and O–H groups in total. The zero-order valence-electron chi connectivity index (χ0n) is 13.2. The number of nitrogens with one attached hydrogen (secondary N) is 2. The molecule has 24 heavy (non-hydrogen) atoms. The number of hydrogen-bond donors (Lipinski definition) is 3. The third kappa shape index (κ3) is 2.60. The Balaban J connectivity index is 1.84. The first-order valence-corrected chi connectivity index (χ1v) is 7.67. The number of nitrogens with zero attached hydrogens (tertiary/aromatic N) is 1. The van der Waals surface area contributed by atoms with Crippen LogP contribution < -0.4 is 16.4 Å². The van der Waals surface area contributed by atoms with Crippen molar-refractivity contribution in [3.63, 3.8) is 0 Å². The molecule has 0 radical (unpaired) electrons. The molecule has 1 aliphatic carbocycles. The van der Waals surface area contributed by atoms with E-state index in [1.54, 1.807) is 6.92 Å². The van der Waals surface area contributed by atoms with Crippen molar-refractivity contribution in [1.29, 1.82) is 0 Å². The van der Waals surface area contributed by atoms with E-state index in [-0.39, 0.29) is 0 Å². The third-order valence-corrected chi connectivity index (χ3v) is 4.52. The molecule has 1 saturated heterocycles. The molecule has 1 aliphatic heterocycles. The van der Waals surface area contributed by atoms with Crippen LogP contribution in [0.5, 0.6) is 0 Å². The Morgan fingerprint density at radius 1 is 1.29 bits per heavy atom. The van der Waals surface area contributed by atoms with Crippen molar-refractivity contribution < 1.29 is 19.2 Å². The van der Waals surface area contributed by atoms with E-state index in [1.807, 2.05) is 23.5 Å². The molecule has 0 aromatic heterocycles. The molecular weight excluding hydrogens is 312 g/mol. The Bertz CT molecular complexity index is 760. The second-order valence-corrected chi connectivity index (χ2v) is 6.20. The highest BCUT2D eigenvalue weighted by atomic mass is 16.2. The summed E-state index contributed by atoms with van der Waals surface area (Å²) >= 11 is 0. The molecule has 3 rings (SSSR count). The molecule has 0 spiro atoms. The molecule has 0 saturated carbocycles. The van der Waals surface area contributed by atoms with Gasteiger partial charge in [0.1, 0.15) is 12.1 Å². The van der Waals surface area contributed by atoms with E-state index in [4.69, 9.17) is 5.73 Å². The topological polar surface area (TPSA) is 122 Å². The second-order valence-electron chi connectivity index (χ2n) is 6.20. The summed E-state index contributed by atoms with van der Waals surface area (Å²) in [6.45, 7) is 1.05. The van der Waals surface area contributed by atoms with E-state index in [2.05, 4.69) is 5.32 Å². The average Bonchev–Trinajstić information content (AvgIpc) is 3.05. The number of carbonyl (C=O) groups is 4. The number of urea groups is 2. The summed E-state index contributed by atoms with van der Waals surface area (Å²) in [5.74, 6) is -1.35. The molecule has 126 valence electrons. The first-order valence-electron chi connectivity index (χ1n) is 7.67. The molecule has 1 aromatic carbocycles. The quantitative estimate of drug-likeness (QED) is 0.682. The summed E-state index contributed by atoms with van der Waals surface area (Å²) in [6, 6.07) is 4.03. The number of carbonyl (C=O) groups excluding carboxylic acids is 4. The molecule has 8 heteroatoms. The first kappa shape index (κ1) is 16.0. The number of imide groups is 2. The van der Waals surface area contributed by atoms with Gasteiger partial charge in [0.05, 0.1) is 0 Å². The fraction of sp³-hybridized carbons (Fsp3) is 0.375. The average molecular weight is 330 g/mol. The summed E-state index contributed by atoms with van der Waals surface area (Å²) in [5.41, 5.74) is 6.75. The van der Waals surface area contributed by atoms with Gasteiger partial charge in [-0.2, -0.15) is 0 Å². The number of amides is 6. The van der Waals surface area contributed by atoms with Crippen molar-refractivity contribution >= 4 is 23.9 Å². The van der Waals surface area contributed by atoms with E-state index < -0.39 is 36.0 Å². The van der Waals surface area contributed by atoms with Crippen LogP contribution >= 0.6 is 0 Å². The number of hydrogen-bond acceptors (Lipinski definition) is 4. The number of primary amides is 1. The number of nitrogens with two attached hydrogens (primary N) is 1. The van der Waals surface area contributed by atoms with Gasteiger partial charge in [0, 0.05) is 0 Å². The number of fused-ring (bicyclic) bond motifs is 1. The van der Waals surface area contributed by atoms with E-state index in [0.29, 0.717) is 5.56 Å². The van der Waals surface area contributed by atoms with Crippen molar-refractivity contribution in [2.45, 2.75) is 31.7 Å². The van der Waals surface area contributed by atoms with Crippen LogP contribution in [-0.2, 0) is 28.0 Å². The molecule has 8 nitrogen and oxygen atoms in total. The van der Waals surface area contributed by atoms with E-state index in [0.717, 1.165) is 24.2 Å². The Labute approximate surface area is 138 Å². The smallest absolute Gasteiger partial charge is 0.325 e. The molecule has 2 aliphatic rings. The van der Waals surface area contributed by atoms with Crippen molar-refractivity contribution in [3.05, 3.63) is 34.9 Å². The van der Waals surface area contributed by atoms with Crippen LogP contribution in [-0.4, -0.2) is 35.3 Å². The van der Waals surface area contributed by atoms with Crippen LogP contribution in [0.4, 0.5) is 9.59 Å². The van der Waals surface area contributed by atoms with Crippen molar-refractivity contribution in [2.75, 3.05) is 6.54 Å². The van der Waals surface area contributed by atoms with Crippen molar-refractivity contribution in [3.8, 4) is 0 Å². The van der Waals surface area contributed by atoms with Crippen LogP contribution in [0.2, 0.25) is 0 Å². The van der Waals surface area contributed by atoms with E-state index in [1.165, 1.54) is 11.1 Å². The molecule has 0 unspecified atom stereocenters. The lowest BCUT2D eigenvalue weighted by molar-refractivity contribution is -0.134. The highest BCUT2D eigenvalue weighted by molar-refractivity contribution is 6.10. The third-order valence-electron chi connectivity index (χ3n) is 4.52. The minimum Gasteiger partial charge on any atom is -0.351 e. The summed E-state index contributed by atoms with van der Waals surface area (Å²) in [5, 5.41) is 4.48. The van der Waals surface area contributed by atoms with Crippen molar-refractivity contribution in [2.24, 2.45) is 5.73 Å². The van der Waals surface area contributed by atoms with Gasteiger partial charge in [-0.25, -0.2) is 9.59 Å². The largest absolute Gasteiger partial charge is 0.351 e. The molecule has 1 aromatic rings. The van der Waals surface area contributed by atoms with Crippen LogP contribution in [0.3, 0.4) is 0 Å². The van der Waals surface area contributed by atoms with Gasteiger partial charge in [0.2, 0.25) is 5.91 Å². The minimum absolute atomic E-state index is 0.537. The lowest BCUT2D eigenvalue weighted by Gasteiger charge is -2.23. The SMILES string of the molecule is C[C@@]1(c2ccc3c(c2)CCC3)NC(=O)N(CC(=O)NC(N)=O)C1=O. The van der Waals surface area contributed by atoms with Gasteiger partial charge >= 0.3 is 12.1 Å². The van der Waals surface area contributed by atoms with E-state index in [9.17, 15) is 19.2 Å². The molecule has 0 bridgehead atoms. The highest BCUT2D eigenvalue weighted by Crippen LogP contribution is 2.32. The second kappa shape index (κ2) is 5.63. The fourth-order valence-electron chi connectivity index (χ4n) is 3.24. The van der Waals surface area contributed by atoms with Gasteiger partial charge in [-0.3, -0.25) is 19.8 Å². The van der Waals surface area contributed by atoms with Gasteiger partial charge in [-0.1, -0.05) is 18.2 Å². The van der Waals surface area contributed by atoms with Crippen molar-refractivity contribution in [1.82, 2.24) is 15.5 Å². The standard InChI is InChI=1S/C16H18N4O4/c1-16(11-6-5-9-3-2-4-10(9)7-11)13(22)20(15(24)19-16)8-12(21)18-14(17)23/h5-7H,2-4,8H2,1H3,(H,19,24)(H3,17,18,21,23)/t16-/m0/s1. The van der Waals surface area contributed by atoms with Gasteiger partial charge in [0.25, 0.3) is 5.91 Å². The van der Waals surface area contributed by atoms with Gasteiger partial charge < -0.3 is 11.1 Å². The molecule has 6 amide bonds. The maximum atomic E-state index is 12.7. The summed E-state index contributed by atoms with van der Waals surface area (Å²) in [7, 11) is 0. The predicted molar refractivity (Wildman–Crippen MR) is 83.8 cm³/mol. The molecule has 1 heterocycles. The first-order chi connectivity index (χ1) is 11.3. The predicted octanol–water partition coefficient (Wildman–Crippen LogP) is 0.137. The van der Waals surface area contributed by atoms with Crippen LogP contribution in [0.15, 0.2) is 18.2 Å². The Morgan fingerprint density at radius 3 is 2.71 bits per heavy atom. The van der Waals surface area contributed by atoms with Crippen LogP contribution in [0.25, 0.3) is 0 Å². The minimum atomic E-state index is -1.23. The maximum Gasteiger partial charge on any atom is 0.325 e.